The molecular formula is C18H29NO6. The number of aromatic nitrogens is 1. The molecule has 0 radical (unpaired) electrons. The van der Waals surface area contributed by atoms with Crippen molar-refractivity contribution in [2.24, 2.45) is 0 Å². The van der Waals surface area contributed by atoms with Gasteiger partial charge in [-0.05, 0) is 32.9 Å². The lowest BCUT2D eigenvalue weighted by atomic mass is 10.2. The van der Waals surface area contributed by atoms with Crippen LogP contribution in [0.5, 0.6) is 5.75 Å². The van der Waals surface area contributed by atoms with Crippen molar-refractivity contribution in [2.75, 3.05) is 46.2 Å². The molecule has 0 fully saturated rings. The predicted octanol–water partition coefficient (Wildman–Crippen LogP) is 2.24. The molecule has 0 aliphatic carbocycles. The fourth-order valence-electron chi connectivity index (χ4n) is 1.74. The second kappa shape index (κ2) is 12.6. The Morgan fingerprint density at radius 3 is 1.96 bits per heavy atom. The van der Waals surface area contributed by atoms with Gasteiger partial charge < -0.3 is 23.7 Å². The Labute approximate surface area is 149 Å². The zero-order valence-electron chi connectivity index (χ0n) is 15.4. The van der Waals surface area contributed by atoms with Gasteiger partial charge in [0.05, 0.1) is 46.1 Å². The van der Waals surface area contributed by atoms with E-state index in [4.69, 9.17) is 23.7 Å². The standard InChI is InChI=1S/C18H29NO6/c1-18(2,3)25-17(20)6-9-21-10-11-22-12-13-23-14-15-24-16-4-7-19-8-5-16/h4-5,7-8H,6,9-15H2,1-3H3. The number of pyridine rings is 1. The molecule has 1 heterocycles. The van der Waals surface area contributed by atoms with Gasteiger partial charge in [-0.25, -0.2) is 0 Å². The molecule has 7 heteroatoms. The van der Waals surface area contributed by atoms with E-state index in [-0.39, 0.29) is 12.4 Å². The fourth-order valence-corrected chi connectivity index (χ4v) is 1.74. The summed E-state index contributed by atoms with van der Waals surface area (Å²) in [5, 5.41) is 0. The molecule has 0 spiro atoms. The maximum Gasteiger partial charge on any atom is 0.308 e. The van der Waals surface area contributed by atoms with Crippen molar-refractivity contribution >= 4 is 5.97 Å². The lowest BCUT2D eigenvalue weighted by Gasteiger charge is -2.19. The first kappa shape index (κ1) is 21.3. The molecule has 0 bridgehead atoms. The number of hydrogen-bond donors (Lipinski definition) is 0. The summed E-state index contributed by atoms with van der Waals surface area (Å²) in [6.07, 6.45) is 3.61. The maximum atomic E-state index is 11.4. The molecule has 0 amide bonds. The van der Waals surface area contributed by atoms with Crippen LogP contribution in [0.25, 0.3) is 0 Å². The summed E-state index contributed by atoms with van der Waals surface area (Å²) in [5.74, 6) is 0.522. The Bertz CT molecular complexity index is 460. The van der Waals surface area contributed by atoms with Crippen LogP contribution in [-0.2, 0) is 23.7 Å². The summed E-state index contributed by atoms with van der Waals surface area (Å²) in [6, 6.07) is 3.60. The zero-order chi connectivity index (χ0) is 18.4. The Kier molecular flexibility index (Phi) is 10.8. The first-order chi connectivity index (χ1) is 12.0. The van der Waals surface area contributed by atoms with Crippen molar-refractivity contribution in [1.82, 2.24) is 4.98 Å². The quantitative estimate of drug-likeness (QED) is 0.397. The second-order valence-corrected chi connectivity index (χ2v) is 6.20. The molecule has 142 valence electrons. The van der Waals surface area contributed by atoms with Gasteiger partial charge in [-0.3, -0.25) is 9.78 Å². The third kappa shape index (κ3) is 13.3. The van der Waals surface area contributed by atoms with E-state index in [0.29, 0.717) is 46.2 Å². The van der Waals surface area contributed by atoms with Gasteiger partial charge in [-0.2, -0.15) is 0 Å². The van der Waals surface area contributed by atoms with Crippen LogP contribution in [0.15, 0.2) is 24.5 Å². The first-order valence-electron chi connectivity index (χ1n) is 8.45. The minimum atomic E-state index is -0.455. The average Bonchev–Trinajstić information content (AvgIpc) is 2.55. The van der Waals surface area contributed by atoms with Gasteiger partial charge in [0, 0.05) is 12.4 Å². The van der Waals surface area contributed by atoms with Crippen molar-refractivity contribution in [3.05, 3.63) is 24.5 Å². The summed E-state index contributed by atoms with van der Waals surface area (Å²) < 4.78 is 26.7. The van der Waals surface area contributed by atoms with Gasteiger partial charge in [-0.1, -0.05) is 0 Å². The van der Waals surface area contributed by atoms with E-state index < -0.39 is 5.60 Å². The zero-order valence-corrected chi connectivity index (χ0v) is 15.4. The molecule has 0 unspecified atom stereocenters. The highest BCUT2D eigenvalue weighted by atomic mass is 16.6. The Morgan fingerprint density at radius 2 is 1.40 bits per heavy atom. The van der Waals surface area contributed by atoms with E-state index in [2.05, 4.69) is 4.98 Å². The van der Waals surface area contributed by atoms with Gasteiger partial charge in [0.25, 0.3) is 0 Å². The van der Waals surface area contributed by atoms with E-state index in [1.54, 1.807) is 24.5 Å². The molecule has 0 saturated carbocycles. The molecule has 1 aromatic rings. The third-order valence-corrected chi connectivity index (χ3v) is 2.76. The third-order valence-electron chi connectivity index (χ3n) is 2.76. The number of hydrogen-bond acceptors (Lipinski definition) is 7. The van der Waals surface area contributed by atoms with Gasteiger partial charge >= 0.3 is 5.97 Å². The van der Waals surface area contributed by atoms with Gasteiger partial charge in [0.1, 0.15) is 18.0 Å². The number of ether oxygens (including phenoxy) is 5. The largest absolute Gasteiger partial charge is 0.491 e. The topological polar surface area (TPSA) is 76.1 Å². The highest BCUT2D eigenvalue weighted by molar-refractivity contribution is 5.69. The van der Waals surface area contributed by atoms with Crippen LogP contribution in [0.3, 0.4) is 0 Å². The summed E-state index contributed by atoms with van der Waals surface area (Å²) in [6.45, 7) is 8.73. The van der Waals surface area contributed by atoms with Crippen molar-refractivity contribution in [3.8, 4) is 5.75 Å². The Morgan fingerprint density at radius 1 is 0.880 bits per heavy atom. The van der Waals surface area contributed by atoms with Crippen LogP contribution in [0.4, 0.5) is 0 Å². The SMILES string of the molecule is CC(C)(C)OC(=O)CCOCCOCCOCCOc1ccncc1. The molecule has 7 nitrogen and oxygen atoms in total. The van der Waals surface area contributed by atoms with E-state index in [1.165, 1.54) is 0 Å². The average molecular weight is 355 g/mol. The normalized spacial score (nSPS) is 11.3. The molecule has 25 heavy (non-hydrogen) atoms. The highest BCUT2D eigenvalue weighted by Crippen LogP contribution is 2.08. The Balaban J connectivity index is 1.81. The molecule has 1 aromatic heterocycles. The van der Waals surface area contributed by atoms with Crippen molar-refractivity contribution in [1.29, 1.82) is 0 Å². The smallest absolute Gasteiger partial charge is 0.308 e. The molecular weight excluding hydrogens is 326 g/mol. The molecule has 0 aliphatic rings. The van der Waals surface area contributed by atoms with E-state index in [0.717, 1.165) is 5.75 Å². The minimum absolute atomic E-state index is 0.248. The fraction of sp³-hybridized carbons (Fsp3) is 0.667. The molecule has 0 atom stereocenters. The van der Waals surface area contributed by atoms with Crippen molar-refractivity contribution < 1.29 is 28.5 Å². The molecule has 0 saturated heterocycles. The lowest BCUT2D eigenvalue weighted by Crippen LogP contribution is -2.24. The monoisotopic (exact) mass is 355 g/mol. The van der Waals surface area contributed by atoms with Gasteiger partial charge in [0.2, 0.25) is 0 Å². The van der Waals surface area contributed by atoms with Crippen LogP contribution in [0.1, 0.15) is 27.2 Å². The van der Waals surface area contributed by atoms with Crippen molar-refractivity contribution in [3.63, 3.8) is 0 Å². The van der Waals surface area contributed by atoms with Gasteiger partial charge in [0.15, 0.2) is 0 Å². The van der Waals surface area contributed by atoms with Crippen LogP contribution < -0.4 is 4.74 Å². The summed E-state index contributed by atoms with van der Waals surface area (Å²) in [7, 11) is 0. The van der Waals surface area contributed by atoms with E-state index >= 15 is 0 Å². The molecule has 0 aliphatic heterocycles. The second-order valence-electron chi connectivity index (χ2n) is 6.20. The Hall–Kier alpha value is -1.70. The number of esters is 1. The minimum Gasteiger partial charge on any atom is -0.491 e. The van der Waals surface area contributed by atoms with Crippen LogP contribution in [0, 0.1) is 0 Å². The lowest BCUT2D eigenvalue weighted by molar-refractivity contribution is -0.156. The maximum absolute atomic E-state index is 11.4. The molecule has 0 aromatic carbocycles. The highest BCUT2D eigenvalue weighted by Gasteiger charge is 2.15. The number of rotatable bonds is 13. The number of carbonyl (C=O) groups is 1. The van der Waals surface area contributed by atoms with Crippen LogP contribution in [0.2, 0.25) is 0 Å². The van der Waals surface area contributed by atoms with Gasteiger partial charge in [-0.15, -0.1) is 0 Å². The summed E-state index contributed by atoms with van der Waals surface area (Å²) in [4.78, 5) is 15.4. The molecule has 1 rings (SSSR count). The molecule has 0 N–H and O–H groups in total. The summed E-state index contributed by atoms with van der Waals surface area (Å²) in [5.41, 5.74) is -0.455. The van der Waals surface area contributed by atoms with Crippen LogP contribution >= 0.6 is 0 Å². The van der Waals surface area contributed by atoms with Crippen LogP contribution in [-0.4, -0.2) is 62.8 Å². The van der Waals surface area contributed by atoms with E-state index in [9.17, 15) is 4.79 Å². The first-order valence-corrected chi connectivity index (χ1v) is 8.45. The van der Waals surface area contributed by atoms with E-state index in [1.807, 2.05) is 20.8 Å². The number of nitrogens with zero attached hydrogens (tertiary/aromatic N) is 1. The number of carbonyl (C=O) groups excluding carboxylic acids is 1. The summed E-state index contributed by atoms with van der Waals surface area (Å²) >= 11 is 0. The van der Waals surface area contributed by atoms with Crippen molar-refractivity contribution in [2.45, 2.75) is 32.8 Å². The predicted molar refractivity (Wildman–Crippen MR) is 92.7 cm³/mol.